The molecule has 0 radical (unpaired) electrons. The van der Waals surface area contributed by atoms with Gasteiger partial charge in [0.25, 0.3) is 0 Å². The second-order valence-electron chi connectivity index (χ2n) is 6.46. The first kappa shape index (κ1) is 20.1. The number of rotatable bonds is 6. The third kappa shape index (κ3) is 8.06. The first-order valence-electron chi connectivity index (χ1n) is 7.88. The second-order valence-corrected chi connectivity index (χ2v) is 6.87. The molecule has 1 aromatic carbocycles. The van der Waals surface area contributed by atoms with Crippen molar-refractivity contribution in [3.05, 3.63) is 29.3 Å². The SMILES string of the molecule is CN=C(NCC(=O)NC(C)(C)C)NCC(C)Oc1ccccc1Cl. The Labute approximate surface area is 149 Å². The fourth-order valence-electron chi connectivity index (χ4n) is 1.89. The molecule has 0 saturated carbocycles. The van der Waals surface area contributed by atoms with Crippen molar-refractivity contribution in [2.45, 2.75) is 39.3 Å². The number of amides is 1. The number of guanidine groups is 1. The molecule has 0 aromatic heterocycles. The van der Waals surface area contributed by atoms with E-state index in [4.69, 9.17) is 16.3 Å². The first-order valence-corrected chi connectivity index (χ1v) is 8.26. The molecule has 0 heterocycles. The molecule has 0 saturated heterocycles. The van der Waals surface area contributed by atoms with Crippen LogP contribution in [0.25, 0.3) is 0 Å². The summed E-state index contributed by atoms with van der Waals surface area (Å²) in [5, 5.41) is 9.54. The molecule has 24 heavy (non-hydrogen) atoms. The lowest BCUT2D eigenvalue weighted by molar-refractivity contribution is -0.121. The summed E-state index contributed by atoms with van der Waals surface area (Å²) < 4.78 is 5.77. The number of halogens is 1. The fourth-order valence-corrected chi connectivity index (χ4v) is 2.07. The van der Waals surface area contributed by atoms with E-state index in [0.29, 0.717) is 23.3 Å². The van der Waals surface area contributed by atoms with Crippen molar-refractivity contribution >= 4 is 23.5 Å². The first-order chi connectivity index (χ1) is 11.2. The lowest BCUT2D eigenvalue weighted by Gasteiger charge is -2.21. The summed E-state index contributed by atoms with van der Waals surface area (Å²) in [4.78, 5) is 15.9. The predicted octanol–water partition coefficient (Wildman–Crippen LogP) is 2.19. The number of carbonyl (C=O) groups is 1. The molecule has 1 amide bonds. The van der Waals surface area contributed by atoms with E-state index in [-0.39, 0.29) is 24.1 Å². The third-order valence-corrected chi connectivity index (χ3v) is 3.19. The van der Waals surface area contributed by atoms with Gasteiger partial charge in [-0.3, -0.25) is 9.79 Å². The van der Waals surface area contributed by atoms with E-state index < -0.39 is 0 Å². The van der Waals surface area contributed by atoms with Gasteiger partial charge in [-0.1, -0.05) is 23.7 Å². The zero-order chi connectivity index (χ0) is 18.2. The molecule has 1 rings (SSSR count). The van der Waals surface area contributed by atoms with Crippen LogP contribution in [0.3, 0.4) is 0 Å². The van der Waals surface area contributed by atoms with Crippen LogP contribution >= 0.6 is 11.6 Å². The van der Waals surface area contributed by atoms with Gasteiger partial charge in [0.15, 0.2) is 5.96 Å². The molecule has 0 aliphatic carbocycles. The van der Waals surface area contributed by atoms with Gasteiger partial charge in [-0.2, -0.15) is 0 Å². The van der Waals surface area contributed by atoms with Gasteiger partial charge in [-0.05, 0) is 39.8 Å². The molecule has 0 aliphatic rings. The van der Waals surface area contributed by atoms with Crippen LogP contribution < -0.4 is 20.7 Å². The number of para-hydroxylation sites is 1. The van der Waals surface area contributed by atoms with E-state index in [1.807, 2.05) is 45.9 Å². The highest BCUT2D eigenvalue weighted by molar-refractivity contribution is 6.32. The summed E-state index contributed by atoms with van der Waals surface area (Å²) in [6.45, 7) is 8.40. The van der Waals surface area contributed by atoms with Crippen LogP contribution in [0.15, 0.2) is 29.3 Å². The molecule has 1 aromatic rings. The van der Waals surface area contributed by atoms with Crippen molar-refractivity contribution in [1.29, 1.82) is 0 Å². The number of carbonyl (C=O) groups excluding carboxylic acids is 1. The summed E-state index contributed by atoms with van der Waals surface area (Å²) in [5.74, 6) is 1.08. The minimum atomic E-state index is -0.257. The second kappa shape index (κ2) is 9.37. The maximum absolute atomic E-state index is 11.8. The number of benzene rings is 1. The topological polar surface area (TPSA) is 74.8 Å². The molecule has 6 nitrogen and oxygen atoms in total. The molecule has 1 atom stereocenters. The average Bonchev–Trinajstić information content (AvgIpc) is 2.48. The number of nitrogens with one attached hydrogen (secondary N) is 3. The van der Waals surface area contributed by atoms with E-state index in [1.165, 1.54) is 0 Å². The number of nitrogens with zero attached hydrogens (tertiary/aromatic N) is 1. The van der Waals surface area contributed by atoms with E-state index >= 15 is 0 Å². The van der Waals surface area contributed by atoms with Crippen LogP contribution in [-0.2, 0) is 4.79 Å². The highest BCUT2D eigenvalue weighted by Gasteiger charge is 2.14. The number of hydrogen-bond acceptors (Lipinski definition) is 3. The summed E-state index contributed by atoms with van der Waals surface area (Å²) >= 11 is 6.07. The van der Waals surface area contributed by atoms with Crippen molar-refractivity contribution in [2.24, 2.45) is 4.99 Å². The smallest absolute Gasteiger partial charge is 0.239 e. The monoisotopic (exact) mass is 354 g/mol. The predicted molar refractivity (Wildman–Crippen MR) is 98.8 cm³/mol. The Bertz CT molecular complexity index is 570. The van der Waals surface area contributed by atoms with Crippen LogP contribution in [0, 0.1) is 0 Å². The molecule has 0 fully saturated rings. The van der Waals surface area contributed by atoms with E-state index in [2.05, 4.69) is 20.9 Å². The zero-order valence-corrected chi connectivity index (χ0v) is 15.7. The summed E-state index contributed by atoms with van der Waals surface area (Å²) in [5.41, 5.74) is -0.257. The van der Waals surface area contributed by atoms with Crippen molar-refractivity contribution in [3.8, 4) is 5.75 Å². The lowest BCUT2D eigenvalue weighted by atomic mass is 10.1. The van der Waals surface area contributed by atoms with Gasteiger partial charge < -0.3 is 20.7 Å². The highest BCUT2D eigenvalue weighted by Crippen LogP contribution is 2.23. The maximum atomic E-state index is 11.8. The molecular formula is C17H27ClN4O2. The van der Waals surface area contributed by atoms with E-state index in [9.17, 15) is 4.79 Å². The number of ether oxygens (including phenoxy) is 1. The highest BCUT2D eigenvalue weighted by atomic mass is 35.5. The van der Waals surface area contributed by atoms with Gasteiger partial charge in [0.1, 0.15) is 11.9 Å². The van der Waals surface area contributed by atoms with Gasteiger partial charge in [0, 0.05) is 12.6 Å². The minimum absolute atomic E-state index is 0.0918. The Morgan fingerprint density at radius 3 is 2.54 bits per heavy atom. The standard InChI is InChI=1S/C17H27ClN4O2/c1-12(24-14-9-7-6-8-13(14)18)10-20-16(19-5)21-11-15(23)22-17(2,3)4/h6-9,12H,10-11H2,1-5H3,(H,22,23)(H2,19,20,21). The number of hydrogen-bond donors (Lipinski definition) is 3. The van der Waals surface area contributed by atoms with Crippen molar-refractivity contribution in [3.63, 3.8) is 0 Å². The molecule has 0 bridgehead atoms. The van der Waals surface area contributed by atoms with Gasteiger partial charge in [-0.25, -0.2) is 0 Å². The quantitative estimate of drug-likeness (QED) is 0.540. The van der Waals surface area contributed by atoms with E-state index in [1.54, 1.807) is 13.1 Å². The van der Waals surface area contributed by atoms with Crippen LogP contribution in [-0.4, -0.2) is 43.6 Å². The largest absolute Gasteiger partial charge is 0.487 e. The molecule has 134 valence electrons. The molecule has 0 aliphatic heterocycles. The Kier molecular flexibility index (Phi) is 7.85. The molecule has 3 N–H and O–H groups in total. The zero-order valence-electron chi connectivity index (χ0n) is 14.9. The van der Waals surface area contributed by atoms with Crippen molar-refractivity contribution < 1.29 is 9.53 Å². The summed E-state index contributed by atoms with van der Waals surface area (Å²) in [7, 11) is 1.65. The Hall–Kier alpha value is -1.95. The van der Waals surface area contributed by atoms with Crippen LogP contribution in [0.1, 0.15) is 27.7 Å². The molecule has 1 unspecified atom stereocenters. The van der Waals surface area contributed by atoms with Gasteiger partial charge in [-0.15, -0.1) is 0 Å². The Morgan fingerprint density at radius 1 is 1.29 bits per heavy atom. The van der Waals surface area contributed by atoms with Gasteiger partial charge >= 0.3 is 0 Å². The van der Waals surface area contributed by atoms with Crippen LogP contribution in [0.4, 0.5) is 0 Å². The van der Waals surface area contributed by atoms with Crippen molar-refractivity contribution in [1.82, 2.24) is 16.0 Å². The molecular weight excluding hydrogens is 328 g/mol. The summed E-state index contributed by atoms with van der Waals surface area (Å²) in [6, 6.07) is 7.33. The van der Waals surface area contributed by atoms with Crippen LogP contribution in [0.2, 0.25) is 5.02 Å². The number of aliphatic imine (C=N–C) groups is 1. The maximum Gasteiger partial charge on any atom is 0.239 e. The van der Waals surface area contributed by atoms with E-state index in [0.717, 1.165) is 0 Å². The molecule has 7 heteroatoms. The molecule has 0 spiro atoms. The minimum Gasteiger partial charge on any atom is -0.487 e. The van der Waals surface area contributed by atoms with Gasteiger partial charge in [0.2, 0.25) is 5.91 Å². The summed E-state index contributed by atoms with van der Waals surface area (Å²) in [6.07, 6.45) is -0.119. The van der Waals surface area contributed by atoms with Gasteiger partial charge in [0.05, 0.1) is 18.1 Å². The lowest BCUT2D eigenvalue weighted by Crippen LogP contribution is -2.49. The van der Waals surface area contributed by atoms with Crippen molar-refractivity contribution in [2.75, 3.05) is 20.1 Å². The average molecular weight is 355 g/mol. The Morgan fingerprint density at radius 2 is 1.96 bits per heavy atom. The Balaban J connectivity index is 2.38. The van der Waals surface area contributed by atoms with Crippen LogP contribution in [0.5, 0.6) is 5.75 Å². The third-order valence-electron chi connectivity index (χ3n) is 2.88. The fraction of sp³-hybridized carbons (Fsp3) is 0.529. The normalized spacial score (nSPS) is 13.2.